The molecule has 4 nitrogen and oxygen atoms in total. The van der Waals surface area contributed by atoms with Crippen LogP contribution in [0.2, 0.25) is 0 Å². The fourth-order valence-corrected chi connectivity index (χ4v) is 2.05. The lowest BCUT2D eigenvalue weighted by atomic mass is 10.0. The van der Waals surface area contributed by atoms with Crippen molar-refractivity contribution in [3.8, 4) is 5.75 Å². The second kappa shape index (κ2) is 9.30. The van der Waals surface area contributed by atoms with E-state index in [2.05, 4.69) is 18.8 Å². The van der Waals surface area contributed by atoms with E-state index >= 15 is 0 Å². The smallest absolute Gasteiger partial charge is 0.430 e. The van der Waals surface area contributed by atoms with Crippen molar-refractivity contribution < 1.29 is 17.9 Å². The summed E-state index contributed by atoms with van der Waals surface area (Å²) in [4.78, 5) is 3.96. The highest BCUT2D eigenvalue weighted by Gasteiger charge is 2.31. The molecule has 0 aliphatic rings. The minimum atomic E-state index is -4.65. The summed E-state index contributed by atoms with van der Waals surface area (Å²) in [5, 5.41) is 7.63. The summed E-state index contributed by atoms with van der Waals surface area (Å²) in [6.45, 7) is 4.84. The van der Waals surface area contributed by atoms with Gasteiger partial charge in [0, 0.05) is 0 Å². The van der Waals surface area contributed by atoms with E-state index in [9.17, 15) is 13.2 Å². The molecule has 1 heterocycles. The maximum absolute atomic E-state index is 12.4. The number of alkyl halides is 3. The van der Waals surface area contributed by atoms with Crippen LogP contribution in [0.15, 0.2) is 30.1 Å². The van der Waals surface area contributed by atoms with Crippen LogP contribution < -0.4 is 10.5 Å². The van der Waals surface area contributed by atoms with Crippen molar-refractivity contribution in [3.63, 3.8) is 0 Å². The molecular weight excluding hydrogens is 319 g/mol. The number of rotatable bonds is 9. The lowest BCUT2D eigenvalue weighted by molar-refractivity contribution is -0.0925. The van der Waals surface area contributed by atoms with Gasteiger partial charge in [0.2, 0.25) is 0 Å². The molecule has 0 aliphatic carbocycles. The predicted octanol–water partition coefficient (Wildman–Crippen LogP) is 4.45. The van der Waals surface area contributed by atoms with Crippen LogP contribution >= 0.6 is 0 Å². The third kappa shape index (κ3) is 6.60. The summed E-state index contributed by atoms with van der Waals surface area (Å²) in [6, 6.07) is 3.05. The summed E-state index contributed by atoms with van der Waals surface area (Å²) in [7, 11) is 0. The van der Waals surface area contributed by atoms with Gasteiger partial charge in [-0.1, -0.05) is 33.1 Å². The molecule has 0 aromatic carbocycles. The van der Waals surface area contributed by atoms with Gasteiger partial charge >= 0.3 is 6.18 Å². The van der Waals surface area contributed by atoms with E-state index in [4.69, 9.17) is 15.9 Å². The molecule has 1 unspecified atom stereocenters. The first-order valence-corrected chi connectivity index (χ1v) is 8.00. The Hall–Kier alpha value is -2.05. The molecule has 134 valence electrons. The van der Waals surface area contributed by atoms with Crippen LogP contribution in [0.3, 0.4) is 0 Å². The Morgan fingerprint density at radius 1 is 1.38 bits per heavy atom. The van der Waals surface area contributed by atoms with Crippen LogP contribution in [0.1, 0.15) is 45.2 Å². The van der Waals surface area contributed by atoms with Crippen molar-refractivity contribution in [1.82, 2.24) is 4.98 Å². The van der Waals surface area contributed by atoms with Gasteiger partial charge in [-0.05, 0) is 30.5 Å². The van der Waals surface area contributed by atoms with Crippen LogP contribution in [0, 0.1) is 11.3 Å². The van der Waals surface area contributed by atoms with Gasteiger partial charge in [0.1, 0.15) is 11.4 Å². The quantitative estimate of drug-likeness (QED) is 0.651. The molecule has 3 N–H and O–H groups in total. The van der Waals surface area contributed by atoms with Crippen molar-refractivity contribution in [2.24, 2.45) is 11.7 Å². The summed E-state index contributed by atoms with van der Waals surface area (Å²) >= 11 is 0. The number of aromatic nitrogens is 1. The average Bonchev–Trinajstić information content (AvgIpc) is 2.54. The number of halogens is 3. The molecule has 0 saturated heterocycles. The molecule has 0 amide bonds. The number of pyridine rings is 1. The van der Waals surface area contributed by atoms with E-state index < -0.39 is 17.6 Å². The van der Waals surface area contributed by atoms with Crippen molar-refractivity contribution in [1.29, 1.82) is 5.41 Å². The van der Waals surface area contributed by atoms with Crippen LogP contribution in [0.5, 0.6) is 5.75 Å². The van der Waals surface area contributed by atoms with Gasteiger partial charge in [-0.2, -0.15) is 13.2 Å². The van der Waals surface area contributed by atoms with Gasteiger partial charge in [-0.3, -0.25) is 10.4 Å². The van der Waals surface area contributed by atoms with Crippen molar-refractivity contribution >= 4 is 5.71 Å². The molecule has 1 rings (SSSR count). The topological polar surface area (TPSA) is 72.0 Å². The van der Waals surface area contributed by atoms with E-state index in [-0.39, 0.29) is 5.69 Å². The molecule has 1 aromatic rings. The minimum Gasteiger partial charge on any atom is -0.492 e. The zero-order chi connectivity index (χ0) is 18.2. The number of nitrogens with zero attached hydrogens (tertiary/aromatic N) is 1. The normalized spacial score (nSPS) is 13.6. The summed E-state index contributed by atoms with van der Waals surface area (Å²) in [6.07, 6.45) is 1.74. The van der Waals surface area contributed by atoms with Crippen LogP contribution in [0.25, 0.3) is 0 Å². The van der Waals surface area contributed by atoms with E-state index in [1.807, 2.05) is 0 Å². The Kier molecular flexibility index (Phi) is 7.74. The second-order valence-electron chi connectivity index (χ2n) is 5.62. The number of nitrogens with two attached hydrogens (primary N) is 1. The molecule has 1 aromatic heterocycles. The molecule has 0 radical (unpaired) electrons. The van der Waals surface area contributed by atoms with Crippen molar-refractivity contribution in [2.75, 3.05) is 6.61 Å². The number of hydrogen-bond donors (Lipinski definition) is 2. The Bertz CT molecular complexity index is 553. The van der Waals surface area contributed by atoms with Gasteiger partial charge in [-0.25, -0.2) is 0 Å². The number of nitrogens with one attached hydrogen (secondary N) is 1. The standard InChI is InChI=1S/C17H24F3N3O/c1-3-5-6-12(4-2)11-24-13-7-8-15(23-10-13)14(21)9-16(22)17(18,19)20/h7-10,12,21H,3-6,11,22H2,1-2H3. The van der Waals surface area contributed by atoms with Crippen LogP contribution in [-0.2, 0) is 0 Å². The lowest BCUT2D eigenvalue weighted by Crippen LogP contribution is -2.20. The maximum Gasteiger partial charge on any atom is 0.430 e. The van der Waals surface area contributed by atoms with Gasteiger partial charge in [0.15, 0.2) is 0 Å². The minimum absolute atomic E-state index is 0.104. The molecule has 0 aliphatic heterocycles. The molecule has 7 heteroatoms. The van der Waals surface area contributed by atoms with Gasteiger partial charge in [-0.15, -0.1) is 0 Å². The molecule has 24 heavy (non-hydrogen) atoms. The maximum atomic E-state index is 12.4. The number of ether oxygens (including phenoxy) is 1. The van der Waals surface area contributed by atoms with Gasteiger partial charge in [0.25, 0.3) is 0 Å². The average molecular weight is 343 g/mol. The van der Waals surface area contributed by atoms with Crippen molar-refractivity contribution in [2.45, 2.75) is 45.7 Å². The first-order chi connectivity index (χ1) is 11.3. The van der Waals surface area contributed by atoms with Crippen LogP contribution in [-0.4, -0.2) is 23.5 Å². The Morgan fingerprint density at radius 3 is 2.58 bits per heavy atom. The van der Waals surface area contributed by atoms with Crippen LogP contribution in [0.4, 0.5) is 13.2 Å². The third-order valence-corrected chi connectivity index (χ3v) is 3.67. The fourth-order valence-electron chi connectivity index (χ4n) is 2.05. The monoisotopic (exact) mass is 343 g/mol. The zero-order valence-electron chi connectivity index (χ0n) is 14.0. The second-order valence-corrected chi connectivity index (χ2v) is 5.62. The van der Waals surface area contributed by atoms with E-state index in [0.717, 1.165) is 25.7 Å². The van der Waals surface area contributed by atoms with E-state index in [1.54, 1.807) is 6.07 Å². The van der Waals surface area contributed by atoms with Gasteiger partial charge < -0.3 is 10.5 Å². The Balaban J connectivity index is 2.64. The summed E-state index contributed by atoms with van der Waals surface area (Å²) in [5.74, 6) is 1.01. The highest BCUT2D eigenvalue weighted by molar-refractivity contribution is 6.05. The number of unbranched alkanes of at least 4 members (excludes halogenated alkanes) is 1. The Morgan fingerprint density at radius 2 is 2.08 bits per heavy atom. The molecular formula is C17H24F3N3O. The molecule has 0 fully saturated rings. The molecule has 1 atom stereocenters. The van der Waals surface area contributed by atoms with Crippen molar-refractivity contribution in [3.05, 3.63) is 35.8 Å². The lowest BCUT2D eigenvalue weighted by Gasteiger charge is -2.15. The number of hydrogen-bond acceptors (Lipinski definition) is 4. The summed E-state index contributed by atoms with van der Waals surface area (Å²) < 4.78 is 42.7. The first kappa shape index (κ1) is 20.0. The molecule has 0 saturated carbocycles. The zero-order valence-corrected chi connectivity index (χ0v) is 14.0. The SMILES string of the molecule is CCCCC(CC)COc1ccc(C(=N)C=C(N)C(F)(F)F)nc1. The third-order valence-electron chi connectivity index (χ3n) is 3.67. The largest absolute Gasteiger partial charge is 0.492 e. The fraction of sp³-hybridized carbons (Fsp3) is 0.529. The van der Waals surface area contributed by atoms with E-state index in [0.29, 0.717) is 24.4 Å². The highest BCUT2D eigenvalue weighted by Crippen LogP contribution is 2.22. The predicted molar refractivity (Wildman–Crippen MR) is 88.2 cm³/mol. The highest BCUT2D eigenvalue weighted by atomic mass is 19.4. The van der Waals surface area contributed by atoms with Gasteiger partial charge in [0.05, 0.1) is 24.2 Å². The number of allylic oxidation sites excluding steroid dienone is 2. The molecule has 0 spiro atoms. The Labute approximate surface area is 140 Å². The summed E-state index contributed by atoms with van der Waals surface area (Å²) in [5.41, 5.74) is 3.28. The molecule has 0 bridgehead atoms. The van der Waals surface area contributed by atoms with E-state index in [1.165, 1.54) is 12.3 Å². The first-order valence-electron chi connectivity index (χ1n) is 8.00.